The van der Waals surface area contributed by atoms with Gasteiger partial charge in [0.1, 0.15) is 0 Å². The highest BCUT2D eigenvalue weighted by Gasteiger charge is 2.24. The van der Waals surface area contributed by atoms with Crippen LogP contribution in [0.2, 0.25) is 0 Å². The van der Waals surface area contributed by atoms with Crippen LogP contribution in [-0.2, 0) is 0 Å². The SMILES string of the molecule is OC(CSCC1CSCCS1)CSCC1CSCC(CSCC(O)CSCC2CSCCS2)S1. The average Bonchev–Trinajstić information content (AvgIpc) is 2.86. The van der Waals surface area contributed by atoms with Gasteiger partial charge in [-0.05, 0) is 0 Å². The Bertz CT molecular complexity index is 466. The molecule has 34 heavy (non-hydrogen) atoms. The van der Waals surface area contributed by atoms with Gasteiger partial charge in [-0.3, -0.25) is 0 Å². The van der Waals surface area contributed by atoms with Gasteiger partial charge in [-0.15, -0.1) is 0 Å². The van der Waals surface area contributed by atoms with E-state index in [0.717, 1.165) is 45.0 Å². The lowest BCUT2D eigenvalue weighted by Crippen LogP contribution is -2.27. The quantitative estimate of drug-likeness (QED) is 0.219. The van der Waals surface area contributed by atoms with Gasteiger partial charge in [-0.25, -0.2) is 0 Å². The van der Waals surface area contributed by atoms with Crippen molar-refractivity contribution in [3.05, 3.63) is 0 Å². The molecule has 0 aromatic heterocycles. The highest BCUT2D eigenvalue weighted by molar-refractivity contribution is 8.10. The van der Waals surface area contributed by atoms with E-state index in [1.165, 1.54) is 57.5 Å². The monoisotopic (exact) mass is 656 g/mol. The fourth-order valence-electron chi connectivity index (χ4n) is 3.56. The molecular formula is C22H40O2S10. The molecule has 0 aromatic carbocycles. The van der Waals surface area contributed by atoms with Crippen LogP contribution < -0.4 is 0 Å². The second kappa shape index (κ2) is 20.3. The zero-order chi connectivity index (χ0) is 23.8. The zero-order valence-electron chi connectivity index (χ0n) is 19.8. The van der Waals surface area contributed by atoms with E-state index in [9.17, 15) is 10.2 Å². The van der Waals surface area contributed by atoms with Crippen molar-refractivity contribution in [2.45, 2.75) is 33.2 Å². The van der Waals surface area contributed by atoms with Crippen LogP contribution >= 0.6 is 118 Å². The molecule has 2 N–H and O–H groups in total. The third-order valence-corrected chi connectivity index (χ3v) is 19.9. The van der Waals surface area contributed by atoms with Crippen LogP contribution in [0.4, 0.5) is 0 Å². The highest BCUT2D eigenvalue weighted by atomic mass is 32.2. The Morgan fingerprint density at radius 2 is 0.912 bits per heavy atom. The number of aliphatic hydroxyl groups is 2. The largest absolute Gasteiger partial charge is 0.391 e. The lowest BCUT2D eigenvalue weighted by Gasteiger charge is -2.28. The summed E-state index contributed by atoms with van der Waals surface area (Å²) in [6.45, 7) is 0. The van der Waals surface area contributed by atoms with Crippen LogP contribution in [0.15, 0.2) is 0 Å². The fraction of sp³-hybridized carbons (Fsp3) is 1.00. The maximum Gasteiger partial charge on any atom is 0.0720 e. The summed E-state index contributed by atoms with van der Waals surface area (Å²) < 4.78 is 0. The molecule has 6 unspecified atom stereocenters. The minimum atomic E-state index is -0.168. The number of hydrogen-bond donors (Lipinski definition) is 2. The maximum absolute atomic E-state index is 10.4. The van der Waals surface area contributed by atoms with Gasteiger partial charge in [-0.2, -0.15) is 118 Å². The lowest BCUT2D eigenvalue weighted by molar-refractivity contribution is 0.224. The van der Waals surface area contributed by atoms with Crippen molar-refractivity contribution >= 4 is 118 Å². The molecule has 3 saturated heterocycles. The third kappa shape index (κ3) is 14.7. The van der Waals surface area contributed by atoms with Crippen molar-refractivity contribution in [3.8, 4) is 0 Å². The molecule has 0 radical (unpaired) electrons. The van der Waals surface area contributed by atoms with Gasteiger partial charge < -0.3 is 10.2 Å². The van der Waals surface area contributed by atoms with E-state index in [1.807, 2.05) is 47.0 Å². The minimum Gasteiger partial charge on any atom is -0.391 e. The molecule has 3 rings (SSSR count). The number of thioether (sulfide) groups is 10. The van der Waals surface area contributed by atoms with Gasteiger partial charge in [0.25, 0.3) is 0 Å². The molecule has 2 nitrogen and oxygen atoms in total. The van der Waals surface area contributed by atoms with E-state index in [4.69, 9.17) is 0 Å². The van der Waals surface area contributed by atoms with Gasteiger partial charge >= 0.3 is 0 Å². The van der Waals surface area contributed by atoms with Crippen molar-refractivity contribution in [2.75, 3.05) is 92.0 Å². The Labute approximate surface area is 250 Å². The molecule has 3 aliphatic rings. The Morgan fingerprint density at radius 3 is 1.29 bits per heavy atom. The molecule has 0 amide bonds. The van der Waals surface area contributed by atoms with Crippen molar-refractivity contribution in [2.24, 2.45) is 0 Å². The summed E-state index contributed by atoms with van der Waals surface area (Å²) in [7, 11) is 0. The Morgan fingerprint density at radius 1 is 0.529 bits per heavy atom. The molecule has 3 heterocycles. The molecule has 0 saturated carbocycles. The summed E-state index contributed by atoms with van der Waals surface area (Å²) in [4.78, 5) is 0. The number of rotatable bonds is 16. The smallest absolute Gasteiger partial charge is 0.0720 e. The van der Waals surface area contributed by atoms with Crippen LogP contribution in [0.25, 0.3) is 0 Å². The molecule has 0 spiro atoms. The first-order chi connectivity index (χ1) is 16.7. The summed E-state index contributed by atoms with van der Waals surface area (Å²) >= 11 is 20.4. The highest BCUT2D eigenvalue weighted by Crippen LogP contribution is 2.35. The molecule has 0 bridgehead atoms. The molecule has 200 valence electrons. The molecule has 6 atom stereocenters. The van der Waals surface area contributed by atoms with Crippen molar-refractivity contribution in [1.29, 1.82) is 0 Å². The van der Waals surface area contributed by atoms with E-state index in [1.54, 1.807) is 0 Å². The summed E-state index contributed by atoms with van der Waals surface area (Å²) in [5, 5.41) is 23.7. The average molecular weight is 657 g/mol. The van der Waals surface area contributed by atoms with E-state index in [-0.39, 0.29) is 12.2 Å². The third-order valence-electron chi connectivity index (χ3n) is 5.22. The molecule has 0 aromatic rings. The number of aliphatic hydroxyl groups excluding tert-OH is 2. The topological polar surface area (TPSA) is 40.5 Å². The Hall–Kier alpha value is 3.42. The molecule has 3 aliphatic heterocycles. The predicted octanol–water partition coefficient (Wildman–Crippen LogP) is 5.56. The molecule has 0 aliphatic carbocycles. The maximum atomic E-state index is 10.4. The molecule has 12 heteroatoms. The second-order valence-corrected chi connectivity index (χ2v) is 20.6. The van der Waals surface area contributed by atoms with Crippen LogP contribution in [0, 0.1) is 0 Å². The number of hydrogen-bond acceptors (Lipinski definition) is 12. The summed E-state index contributed by atoms with van der Waals surface area (Å²) in [5.74, 6) is 18.5. The van der Waals surface area contributed by atoms with Crippen molar-refractivity contribution in [1.82, 2.24) is 0 Å². The van der Waals surface area contributed by atoms with Crippen molar-refractivity contribution < 1.29 is 10.2 Å². The van der Waals surface area contributed by atoms with Gasteiger partial charge in [0.15, 0.2) is 0 Å². The zero-order valence-corrected chi connectivity index (χ0v) is 27.9. The normalized spacial score (nSPS) is 30.2. The van der Waals surface area contributed by atoms with Crippen molar-refractivity contribution in [3.63, 3.8) is 0 Å². The van der Waals surface area contributed by atoms with Gasteiger partial charge in [0.05, 0.1) is 12.2 Å². The first-order valence-electron chi connectivity index (χ1n) is 12.0. The Balaban J connectivity index is 1.16. The van der Waals surface area contributed by atoms with E-state index < -0.39 is 0 Å². The predicted molar refractivity (Wildman–Crippen MR) is 181 cm³/mol. The van der Waals surface area contributed by atoms with Gasteiger partial charge in [0, 0.05) is 113 Å². The molecular weight excluding hydrogens is 617 g/mol. The van der Waals surface area contributed by atoms with E-state index in [0.29, 0.717) is 10.5 Å². The van der Waals surface area contributed by atoms with E-state index >= 15 is 0 Å². The summed E-state index contributed by atoms with van der Waals surface area (Å²) in [6.07, 6.45) is -0.336. The van der Waals surface area contributed by atoms with Crippen LogP contribution in [-0.4, -0.2) is 135 Å². The van der Waals surface area contributed by atoms with Crippen LogP contribution in [0.3, 0.4) is 0 Å². The summed E-state index contributed by atoms with van der Waals surface area (Å²) in [6, 6.07) is 0. The first kappa shape index (κ1) is 31.9. The van der Waals surface area contributed by atoms with E-state index in [2.05, 4.69) is 70.6 Å². The minimum absolute atomic E-state index is 0.168. The Kier molecular flexibility index (Phi) is 19.1. The lowest BCUT2D eigenvalue weighted by atomic mass is 10.5. The molecule has 3 fully saturated rings. The second-order valence-electron chi connectivity index (χ2n) is 8.51. The summed E-state index contributed by atoms with van der Waals surface area (Å²) in [5.41, 5.74) is 0. The first-order valence-corrected chi connectivity index (χ1v) is 23.1. The van der Waals surface area contributed by atoms with Crippen LogP contribution in [0.1, 0.15) is 0 Å². The standard InChI is InChI=1S/C22H40O2S10/c23-17(5-27-11-19-9-25-1-3-32-19)7-29-13-21-15-31-16-22(34-21)14-30-8-18(24)6-28-12-20-10-26-2-4-33-20/h17-24H,1-16H2. The van der Waals surface area contributed by atoms with Crippen LogP contribution in [0.5, 0.6) is 0 Å². The van der Waals surface area contributed by atoms with Gasteiger partial charge in [-0.1, -0.05) is 0 Å². The van der Waals surface area contributed by atoms with Gasteiger partial charge in [0.2, 0.25) is 0 Å². The fourth-order valence-corrected chi connectivity index (χ4v) is 18.1.